The Bertz CT molecular complexity index is 351. The van der Waals surface area contributed by atoms with Crippen LogP contribution in [0.25, 0.3) is 0 Å². The topological polar surface area (TPSA) is 68.5 Å². The lowest BCUT2D eigenvalue weighted by Gasteiger charge is -2.20. The number of nitrogens with one attached hydrogen (secondary N) is 2. The number of nitrogens with two attached hydrogens (primary N) is 1. The molecule has 0 fully saturated rings. The number of ether oxygens (including phenoxy) is 2. The summed E-state index contributed by atoms with van der Waals surface area (Å²) in [5.74, 6) is 7.03. The maximum Gasteiger partial charge on any atom is 0.131 e. The standard InChI is InChI=1S/C11H19N3O2/c1-7-9(15-3)6-5-8(10(7)16-4)11(13-2)14-12/h5-6,11,13-14H,12H2,1-4H3. The zero-order valence-corrected chi connectivity index (χ0v) is 10.1. The Morgan fingerprint density at radius 2 is 1.94 bits per heavy atom. The second kappa shape index (κ2) is 5.69. The quantitative estimate of drug-likeness (QED) is 0.391. The lowest BCUT2D eigenvalue weighted by molar-refractivity contribution is 0.374. The van der Waals surface area contributed by atoms with Gasteiger partial charge in [0.05, 0.1) is 20.4 Å². The highest BCUT2D eigenvalue weighted by Gasteiger charge is 2.16. The summed E-state index contributed by atoms with van der Waals surface area (Å²) in [5, 5.41) is 3.05. The first kappa shape index (κ1) is 12.8. The van der Waals surface area contributed by atoms with Gasteiger partial charge in [0.25, 0.3) is 0 Å². The van der Waals surface area contributed by atoms with Crippen LogP contribution in [0.3, 0.4) is 0 Å². The highest BCUT2D eigenvalue weighted by atomic mass is 16.5. The van der Waals surface area contributed by atoms with E-state index in [-0.39, 0.29) is 6.17 Å². The predicted molar refractivity (Wildman–Crippen MR) is 63.4 cm³/mol. The van der Waals surface area contributed by atoms with Gasteiger partial charge < -0.3 is 14.8 Å². The first-order valence-corrected chi connectivity index (χ1v) is 5.04. The fraction of sp³-hybridized carbons (Fsp3) is 0.455. The van der Waals surface area contributed by atoms with Crippen LogP contribution >= 0.6 is 0 Å². The third-order valence-electron chi connectivity index (χ3n) is 2.58. The van der Waals surface area contributed by atoms with Crippen molar-refractivity contribution in [2.75, 3.05) is 21.3 Å². The van der Waals surface area contributed by atoms with Crippen molar-refractivity contribution >= 4 is 0 Å². The molecule has 0 amide bonds. The zero-order valence-electron chi connectivity index (χ0n) is 10.1. The molecule has 1 aromatic carbocycles. The van der Waals surface area contributed by atoms with Gasteiger partial charge in [-0.1, -0.05) is 0 Å². The Labute approximate surface area is 95.9 Å². The molecular weight excluding hydrogens is 206 g/mol. The summed E-state index contributed by atoms with van der Waals surface area (Å²) in [5.41, 5.74) is 4.58. The van der Waals surface area contributed by atoms with E-state index in [4.69, 9.17) is 15.3 Å². The van der Waals surface area contributed by atoms with Gasteiger partial charge >= 0.3 is 0 Å². The van der Waals surface area contributed by atoms with E-state index in [0.717, 1.165) is 22.6 Å². The molecule has 1 atom stereocenters. The second-order valence-electron chi connectivity index (χ2n) is 3.40. The van der Waals surface area contributed by atoms with Gasteiger partial charge in [0.2, 0.25) is 0 Å². The maximum atomic E-state index is 5.46. The van der Waals surface area contributed by atoms with E-state index in [9.17, 15) is 0 Å². The summed E-state index contributed by atoms with van der Waals surface area (Å²) in [4.78, 5) is 0. The number of hydrazine groups is 1. The molecule has 0 saturated heterocycles. The van der Waals surface area contributed by atoms with E-state index in [0.29, 0.717) is 0 Å². The Balaban J connectivity index is 3.24. The summed E-state index contributed by atoms with van der Waals surface area (Å²) in [7, 11) is 5.09. The fourth-order valence-electron chi connectivity index (χ4n) is 1.74. The van der Waals surface area contributed by atoms with Crippen LogP contribution in [0.15, 0.2) is 12.1 Å². The van der Waals surface area contributed by atoms with Gasteiger partial charge in [-0.3, -0.25) is 5.84 Å². The smallest absolute Gasteiger partial charge is 0.131 e. The Hall–Kier alpha value is -1.30. The summed E-state index contributed by atoms with van der Waals surface area (Å²) >= 11 is 0. The molecular formula is C11H19N3O2. The van der Waals surface area contributed by atoms with E-state index >= 15 is 0 Å². The van der Waals surface area contributed by atoms with Gasteiger partial charge in [0, 0.05) is 11.1 Å². The van der Waals surface area contributed by atoms with Crippen LogP contribution in [0, 0.1) is 6.92 Å². The highest BCUT2D eigenvalue weighted by molar-refractivity contribution is 5.50. The normalized spacial score (nSPS) is 12.3. The summed E-state index contributed by atoms with van der Waals surface area (Å²) < 4.78 is 10.6. The molecule has 5 nitrogen and oxygen atoms in total. The molecule has 4 N–H and O–H groups in total. The van der Waals surface area contributed by atoms with E-state index in [1.807, 2.05) is 26.1 Å². The van der Waals surface area contributed by atoms with Crippen molar-refractivity contribution < 1.29 is 9.47 Å². The SMILES string of the molecule is CNC(NN)c1ccc(OC)c(C)c1OC. The molecule has 1 rings (SSSR count). The van der Waals surface area contributed by atoms with Gasteiger partial charge in [0.1, 0.15) is 11.5 Å². The molecule has 0 aliphatic carbocycles. The van der Waals surface area contributed by atoms with E-state index < -0.39 is 0 Å². The molecule has 0 heterocycles. The van der Waals surface area contributed by atoms with E-state index in [1.54, 1.807) is 14.2 Å². The van der Waals surface area contributed by atoms with E-state index in [1.165, 1.54) is 0 Å². The minimum absolute atomic E-state index is 0.153. The molecule has 1 unspecified atom stereocenters. The van der Waals surface area contributed by atoms with Crippen LogP contribution in [0.4, 0.5) is 0 Å². The third kappa shape index (κ3) is 2.27. The molecule has 0 aliphatic heterocycles. The number of methoxy groups -OCH3 is 2. The van der Waals surface area contributed by atoms with Crippen molar-refractivity contribution in [3.63, 3.8) is 0 Å². The average Bonchev–Trinajstić information content (AvgIpc) is 2.31. The average molecular weight is 225 g/mol. The molecule has 0 radical (unpaired) electrons. The maximum absolute atomic E-state index is 5.46. The summed E-state index contributed by atoms with van der Waals surface area (Å²) in [6.45, 7) is 1.95. The number of benzene rings is 1. The van der Waals surface area contributed by atoms with Crippen molar-refractivity contribution in [1.29, 1.82) is 0 Å². The number of rotatable bonds is 5. The van der Waals surface area contributed by atoms with Gasteiger partial charge in [-0.05, 0) is 26.1 Å². The van der Waals surface area contributed by atoms with E-state index in [2.05, 4.69) is 10.7 Å². The van der Waals surface area contributed by atoms with Gasteiger partial charge in [-0.15, -0.1) is 0 Å². The van der Waals surface area contributed by atoms with Crippen molar-refractivity contribution in [3.05, 3.63) is 23.3 Å². The van der Waals surface area contributed by atoms with Crippen molar-refractivity contribution in [1.82, 2.24) is 10.7 Å². The van der Waals surface area contributed by atoms with Crippen LogP contribution in [-0.2, 0) is 0 Å². The largest absolute Gasteiger partial charge is 0.496 e. The van der Waals surface area contributed by atoms with Gasteiger partial charge in [-0.2, -0.15) is 0 Å². The second-order valence-corrected chi connectivity index (χ2v) is 3.40. The monoisotopic (exact) mass is 225 g/mol. The highest BCUT2D eigenvalue weighted by Crippen LogP contribution is 2.33. The predicted octanol–water partition coefficient (Wildman–Crippen LogP) is 0.694. The molecule has 0 bridgehead atoms. The summed E-state index contributed by atoms with van der Waals surface area (Å²) in [6.07, 6.45) is -0.153. The third-order valence-corrected chi connectivity index (χ3v) is 2.58. The molecule has 0 aliphatic rings. The molecule has 90 valence electrons. The minimum Gasteiger partial charge on any atom is -0.496 e. The van der Waals surface area contributed by atoms with Crippen LogP contribution in [-0.4, -0.2) is 21.3 Å². The van der Waals surface area contributed by atoms with Crippen LogP contribution in [0.1, 0.15) is 17.3 Å². The Kier molecular flexibility index (Phi) is 4.54. The molecule has 0 aromatic heterocycles. The van der Waals surface area contributed by atoms with Gasteiger partial charge in [0.15, 0.2) is 0 Å². The molecule has 0 spiro atoms. The molecule has 0 saturated carbocycles. The molecule has 16 heavy (non-hydrogen) atoms. The molecule has 5 heteroatoms. The minimum atomic E-state index is -0.153. The van der Waals surface area contributed by atoms with Crippen LogP contribution in [0.5, 0.6) is 11.5 Å². The Morgan fingerprint density at radius 3 is 2.38 bits per heavy atom. The molecule has 1 aromatic rings. The number of hydrogen-bond acceptors (Lipinski definition) is 5. The van der Waals surface area contributed by atoms with Crippen molar-refractivity contribution in [3.8, 4) is 11.5 Å². The fourth-order valence-corrected chi connectivity index (χ4v) is 1.74. The Morgan fingerprint density at radius 1 is 1.25 bits per heavy atom. The van der Waals surface area contributed by atoms with Crippen LogP contribution in [0.2, 0.25) is 0 Å². The summed E-state index contributed by atoms with van der Waals surface area (Å²) in [6, 6.07) is 3.82. The number of hydrogen-bond donors (Lipinski definition) is 3. The lowest BCUT2D eigenvalue weighted by Crippen LogP contribution is -2.36. The first-order chi connectivity index (χ1) is 7.69. The van der Waals surface area contributed by atoms with Crippen molar-refractivity contribution in [2.24, 2.45) is 5.84 Å². The zero-order chi connectivity index (χ0) is 12.1. The van der Waals surface area contributed by atoms with Gasteiger partial charge in [-0.25, -0.2) is 5.43 Å². The first-order valence-electron chi connectivity index (χ1n) is 5.04. The van der Waals surface area contributed by atoms with Crippen molar-refractivity contribution in [2.45, 2.75) is 13.1 Å². The lowest BCUT2D eigenvalue weighted by atomic mass is 10.1. The van der Waals surface area contributed by atoms with Crippen LogP contribution < -0.4 is 26.1 Å².